The molecule has 2 fully saturated rings. The molecule has 0 aliphatic carbocycles. The summed E-state index contributed by atoms with van der Waals surface area (Å²) in [4.78, 5) is 26.8. The molecular weight excluding hydrogens is 262 g/mol. The van der Waals surface area contributed by atoms with Gasteiger partial charge in [0.25, 0.3) is 0 Å². The van der Waals surface area contributed by atoms with E-state index >= 15 is 0 Å². The van der Waals surface area contributed by atoms with Gasteiger partial charge in [-0.3, -0.25) is 4.90 Å². The number of ether oxygens (including phenoxy) is 2. The maximum atomic E-state index is 11.9. The molecule has 0 aromatic heterocycles. The van der Waals surface area contributed by atoms with E-state index in [2.05, 4.69) is 10.2 Å². The number of hydrogen-bond acceptors (Lipinski definition) is 5. The standard InChI is InChI=1S/C13H23N3O4/c1-13(2,3)20-12(18)16-6-4-15(5-7-16)9-10-8-14-11(17)19-10/h10H,4-9H2,1-3H3,(H,14,17). The summed E-state index contributed by atoms with van der Waals surface area (Å²) < 4.78 is 10.5. The van der Waals surface area contributed by atoms with E-state index in [9.17, 15) is 9.59 Å². The van der Waals surface area contributed by atoms with Crippen molar-refractivity contribution in [3.8, 4) is 0 Å². The van der Waals surface area contributed by atoms with Gasteiger partial charge in [-0.2, -0.15) is 0 Å². The average Bonchev–Trinajstić information content (AvgIpc) is 2.73. The van der Waals surface area contributed by atoms with Crippen molar-refractivity contribution in [2.45, 2.75) is 32.5 Å². The van der Waals surface area contributed by atoms with Crippen LogP contribution in [-0.2, 0) is 9.47 Å². The number of hydrogen-bond donors (Lipinski definition) is 1. The van der Waals surface area contributed by atoms with Crippen molar-refractivity contribution in [1.82, 2.24) is 15.1 Å². The molecule has 1 N–H and O–H groups in total. The molecule has 20 heavy (non-hydrogen) atoms. The van der Waals surface area contributed by atoms with Gasteiger partial charge in [-0.05, 0) is 20.8 Å². The number of nitrogens with zero attached hydrogens (tertiary/aromatic N) is 2. The zero-order chi connectivity index (χ0) is 14.8. The molecule has 0 spiro atoms. The zero-order valence-electron chi connectivity index (χ0n) is 12.3. The quantitative estimate of drug-likeness (QED) is 0.806. The Morgan fingerprint density at radius 3 is 2.50 bits per heavy atom. The molecule has 7 nitrogen and oxygen atoms in total. The van der Waals surface area contributed by atoms with E-state index in [0.29, 0.717) is 26.2 Å². The number of carbonyl (C=O) groups excluding carboxylic acids is 2. The van der Waals surface area contributed by atoms with E-state index in [4.69, 9.17) is 9.47 Å². The highest BCUT2D eigenvalue weighted by molar-refractivity contribution is 5.69. The molecule has 0 radical (unpaired) electrons. The monoisotopic (exact) mass is 285 g/mol. The molecule has 0 saturated carbocycles. The van der Waals surface area contributed by atoms with Crippen LogP contribution in [0.1, 0.15) is 20.8 Å². The van der Waals surface area contributed by atoms with E-state index in [1.807, 2.05) is 20.8 Å². The molecule has 2 saturated heterocycles. The number of rotatable bonds is 2. The Balaban J connectivity index is 1.72. The summed E-state index contributed by atoms with van der Waals surface area (Å²) in [5.41, 5.74) is -0.460. The van der Waals surface area contributed by atoms with Crippen LogP contribution in [-0.4, -0.2) is 73.0 Å². The second-order valence-electron chi connectivity index (χ2n) is 6.18. The van der Waals surface area contributed by atoms with Gasteiger partial charge in [0.15, 0.2) is 0 Å². The molecule has 1 unspecified atom stereocenters. The van der Waals surface area contributed by atoms with Crippen LogP contribution in [0.3, 0.4) is 0 Å². The van der Waals surface area contributed by atoms with Crippen molar-refractivity contribution >= 4 is 12.2 Å². The van der Waals surface area contributed by atoms with Crippen LogP contribution in [0.15, 0.2) is 0 Å². The normalized spacial score (nSPS) is 24.2. The minimum atomic E-state index is -0.460. The summed E-state index contributed by atoms with van der Waals surface area (Å²) in [5, 5.41) is 2.64. The largest absolute Gasteiger partial charge is 0.444 e. The molecule has 2 aliphatic rings. The lowest BCUT2D eigenvalue weighted by atomic mass is 10.2. The van der Waals surface area contributed by atoms with Crippen LogP contribution in [0, 0.1) is 0 Å². The summed E-state index contributed by atoms with van der Waals surface area (Å²) in [7, 11) is 0. The third-order valence-corrected chi connectivity index (χ3v) is 3.23. The van der Waals surface area contributed by atoms with Crippen molar-refractivity contribution in [3.05, 3.63) is 0 Å². The van der Waals surface area contributed by atoms with Crippen molar-refractivity contribution in [3.63, 3.8) is 0 Å². The predicted octanol–water partition coefficient (Wildman–Crippen LogP) is 0.648. The first-order valence-corrected chi connectivity index (χ1v) is 6.98. The number of cyclic esters (lactones) is 1. The molecule has 7 heteroatoms. The highest BCUT2D eigenvalue weighted by atomic mass is 16.6. The van der Waals surface area contributed by atoms with Crippen molar-refractivity contribution < 1.29 is 19.1 Å². The average molecular weight is 285 g/mol. The fourth-order valence-corrected chi connectivity index (χ4v) is 2.26. The minimum Gasteiger partial charge on any atom is -0.444 e. The van der Waals surface area contributed by atoms with Crippen LogP contribution in [0.2, 0.25) is 0 Å². The van der Waals surface area contributed by atoms with Gasteiger partial charge in [-0.15, -0.1) is 0 Å². The third-order valence-electron chi connectivity index (χ3n) is 3.23. The van der Waals surface area contributed by atoms with Gasteiger partial charge in [0.2, 0.25) is 0 Å². The first-order valence-electron chi connectivity index (χ1n) is 6.98. The van der Waals surface area contributed by atoms with E-state index in [1.165, 1.54) is 0 Å². The molecular formula is C13H23N3O4. The molecule has 0 bridgehead atoms. The Hall–Kier alpha value is -1.50. The molecule has 0 aromatic carbocycles. The Morgan fingerprint density at radius 1 is 1.35 bits per heavy atom. The second kappa shape index (κ2) is 5.87. The fraction of sp³-hybridized carbons (Fsp3) is 0.846. The maximum Gasteiger partial charge on any atom is 0.410 e. The van der Waals surface area contributed by atoms with Crippen LogP contribution in [0.5, 0.6) is 0 Å². The number of alkyl carbamates (subject to hydrolysis) is 1. The summed E-state index contributed by atoms with van der Waals surface area (Å²) in [6, 6.07) is 0. The van der Waals surface area contributed by atoms with Gasteiger partial charge < -0.3 is 19.7 Å². The van der Waals surface area contributed by atoms with Crippen LogP contribution in [0.4, 0.5) is 9.59 Å². The first-order chi connectivity index (χ1) is 9.33. The lowest BCUT2D eigenvalue weighted by Gasteiger charge is -2.36. The maximum absolute atomic E-state index is 11.9. The molecule has 1 atom stereocenters. The minimum absolute atomic E-state index is 0.0874. The molecule has 2 heterocycles. The van der Waals surface area contributed by atoms with Crippen LogP contribution >= 0.6 is 0 Å². The lowest BCUT2D eigenvalue weighted by molar-refractivity contribution is 0.0113. The fourth-order valence-electron chi connectivity index (χ4n) is 2.26. The van der Waals surface area contributed by atoms with Crippen molar-refractivity contribution in [2.24, 2.45) is 0 Å². The Morgan fingerprint density at radius 2 is 2.00 bits per heavy atom. The molecule has 0 aromatic rings. The van der Waals surface area contributed by atoms with Gasteiger partial charge in [0.1, 0.15) is 11.7 Å². The van der Waals surface area contributed by atoms with Gasteiger partial charge in [0.05, 0.1) is 6.54 Å². The van der Waals surface area contributed by atoms with Gasteiger partial charge in [-0.25, -0.2) is 9.59 Å². The highest BCUT2D eigenvalue weighted by Gasteiger charge is 2.29. The molecule has 2 rings (SSSR count). The first kappa shape index (κ1) is 14.9. The number of piperazine rings is 1. The van der Waals surface area contributed by atoms with Gasteiger partial charge >= 0.3 is 12.2 Å². The summed E-state index contributed by atoms with van der Waals surface area (Å²) in [6.07, 6.45) is -0.691. The Kier molecular flexibility index (Phi) is 4.37. The number of amides is 2. The van der Waals surface area contributed by atoms with Crippen molar-refractivity contribution in [2.75, 3.05) is 39.3 Å². The van der Waals surface area contributed by atoms with Crippen LogP contribution < -0.4 is 5.32 Å². The smallest absolute Gasteiger partial charge is 0.410 e. The lowest BCUT2D eigenvalue weighted by Crippen LogP contribution is -2.51. The summed E-state index contributed by atoms with van der Waals surface area (Å²) in [5.74, 6) is 0. The Labute approximate surface area is 119 Å². The van der Waals surface area contributed by atoms with Crippen molar-refractivity contribution in [1.29, 1.82) is 0 Å². The highest BCUT2D eigenvalue weighted by Crippen LogP contribution is 2.12. The van der Waals surface area contributed by atoms with E-state index < -0.39 is 5.60 Å². The van der Waals surface area contributed by atoms with E-state index in [0.717, 1.165) is 13.1 Å². The molecule has 2 aliphatic heterocycles. The Bertz CT molecular complexity index is 372. The van der Waals surface area contributed by atoms with Gasteiger partial charge in [0, 0.05) is 32.7 Å². The topological polar surface area (TPSA) is 71.1 Å². The second-order valence-corrected chi connectivity index (χ2v) is 6.18. The van der Waals surface area contributed by atoms with E-state index in [1.54, 1.807) is 4.90 Å². The summed E-state index contributed by atoms with van der Waals surface area (Å²) in [6.45, 7) is 9.69. The van der Waals surface area contributed by atoms with Gasteiger partial charge in [-0.1, -0.05) is 0 Å². The van der Waals surface area contributed by atoms with E-state index in [-0.39, 0.29) is 18.3 Å². The zero-order valence-corrected chi connectivity index (χ0v) is 12.3. The predicted molar refractivity (Wildman–Crippen MR) is 72.5 cm³/mol. The number of nitrogens with one attached hydrogen (secondary N) is 1. The summed E-state index contributed by atoms with van der Waals surface area (Å²) >= 11 is 0. The van der Waals surface area contributed by atoms with Crippen LogP contribution in [0.25, 0.3) is 0 Å². The molecule has 114 valence electrons. The molecule has 2 amide bonds. The third kappa shape index (κ3) is 4.26. The number of carbonyl (C=O) groups is 2. The SMILES string of the molecule is CC(C)(C)OC(=O)N1CCN(CC2CNC(=O)O2)CC1.